The molecule has 104 valence electrons. The Bertz CT molecular complexity index is 687. The maximum absolute atomic E-state index is 13.9. The largest absolute Gasteiger partial charge is 0.469 e. The number of H-pyrrole nitrogens is 1. The summed E-state index contributed by atoms with van der Waals surface area (Å²) < 4.78 is 32.1. The lowest BCUT2D eigenvalue weighted by atomic mass is 10.0. The molecule has 0 radical (unpaired) electrons. The summed E-state index contributed by atoms with van der Waals surface area (Å²) in [6, 6.07) is 6.42. The first kappa shape index (κ1) is 13.9. The van der Waals surface area contributed by atoms with Crippen molar-refractivity contribution >= 4 is 5.97 Å². The van der Waals surface area contributed by atoms with Crippen molar-refractivity contribution < 1.29 is 18.3 Å². The molecule has 20 heavy (non-hydrogen) atoms. The fourth-order valence-electron chi connectivity index (χ4n) is 1.76. The number of aromatic amines is 1. The molecule has 0 spiro atoms. The standard InChI is InChI=1S/C14H11F2NO3/c1-20-14(19)7-9-10(15)5-8(6-11(9)16)12-3-2-4-13(18)17-12/h2-6H,7H2,1H3,(H,17,18). The Morgan fingerprint density at radius 3 is 2.45 bits per heavy atom. The van der Waals surface area contributed by atoms with Crippen LogP contribution in [0.1, 0.15) is 5.56 Å². The van der Waals surface area contributed by atoms with Crippen molar-refractivity contribution in [3.8, 4) is 11.3 Å². The summed E-state index contributed by atoms with van der Waals surface area (Å²) in [6.45, 7) is 0. The van der Waals surface area contributed by atoms with Gasteiger partial charge in [0.15, 0.2) is 0 Å². The molecule has 0 bridgehead atoms. The van der Waals surface area contributed by atoms with Crippen LogP contribution in [0.5, 0.6) is 0 Å². The predicted octanol–water partition coefficient (Wildman–Crippen LogP) is 2.04. The molecule has 6 heteroatoms. The van der Waals surface area contributed by atoms with Gasteiger partial charge in [-0.15, -0.1) is 0 Å². The SMILES string of the molecule is COC(=O)Cc1c(F)cc(-c2cccc(=O)[nH]2)cc1F. The van der Waals surface area contributed by atoms with Crippen LogP contribution in [-0.2, 0) is 16.0 Å². The first-order valence-corrected chi connectivity index (χ1v) is 5.75. The van der Waals surface area contributed by atoms with E-state index in [1.54, 1.807) is 0 Å². The van der Waals surface area contributed by atoms with Gasteiger partial charge in [0.1, 0.15) is 11.6 Å². The lowest BCUT2D eigenvalue weighted by Crippen LogP contribution is -2.09. The number of aromatic nitrogens is 1. The number of methoxy groups -OCH3 is 1. The van der Waals surface area contributed by atoms with E-state index in [1.807, 2.05) is 0 Å². The zero-order valence-electron chi connectivity index (χ0n) is 10.6. The molecule has 0 aliphatic carbocycles. The topological polar surface area (TPSA) is 59.2 Å². The predicted molar refractivity (Wildman–Crippen MR) is 68.1 cm³/mol. The quantitative estimate of drug-likeness (QED) is 0.875. The minimum absolute atomic E-state index is 0.186. The lowest BCUT2D eigenvalue weighted by Gasteiger charge is -2.07. The number of esters is 1. The number of rotatable bonds is 3. The normalized spacial score (nSPS) is 10.3. The molecular weight excluding hydrogens is 268 g/mol. The molecule has 1 aromatic carbocycles. The van der Waals surface area contributed by atoms with Crippen LogP contribution in [0.4, 0.5) is 8.78 Å². The van der Waals surface area contributed by atoms with Crippen LogP contribution in [0, 0.1) is 11.6 Å². The van der Waals surface area contributed by atoms with Gasteiger partial charge in [0.2, 0.25) is 5.56 Å². The van der Waals surface area contributed by atoms with E-state index in [2.05, 4.69) is 9.72 Å². The third kappa shape index (κ3) is 2.90. The Labute approximate surface area is 113 Å². The molecule has 2 aromatic rings. The van der Waals surface area contributed by atoms with Crippen molar-refractivity contribution in [3.05, 3.63) is 57.9 Å². The number of carbonyl (C=O) groups is 1. The van der Waals surface area contributed by atoms with E-state index in [9.17, 15) is 18.4 Å². The fraction of sp³-hybridized carbons (Fsp3) is 0.143. The third-order valence-electron chi connectivity index (χ3n) is 2.77. The van der Waals surface area contributed by atoms with Gasteiger partial charge in [0.25, 0.3) is 0 Å². The van der Waals surface area contributed by atoms with Crippen LogP contribution < -0.4 is 5.56 Å². The van der Waals surface area contributed by atoms with E-state index in [4.69, 9.17) is 0 Å². The monoisotopic (exact) mass is 279 g/mol. The van der Waals surface area contributed by atoms with Crippen molar-refractivity contribution in [1.82, 2.24) is 4.98 Å². The van der Waals surface area contributed by atoms with Gasteiger partial charge < -0.3 is 9.72 Å². The Hall–Kier alpha value is -2.50. The number of hydrogen-bond donors (Lipinski definition) is 1. The smallest absolute Gasteiger partial charge is 0.310 e. The molecular formula is C14H11F2NO3. The number of hydrogen-bond acceptors (Lipinski definition) is 3. The maximum atomic E-state index is 13.9. The minimum atomic E-state index is -0.866. The molecule has 0 fully saturated rings. The fourth-order valence-corrected chi connectivity index (χ4v) is 1.76. The highest BCUT2D eigenvalue weighted by atomic mass is 19.1. The van der Waals surface area contributed by atoms with Crippen LogP contribution in [0.3, 0.4) is 0 Å². The highest BCUT2D eigenvalue weighted by Crippen LogP contribution is 2.23. The van der Waals surface area contributed by atoms with Gasteiger partial charge in [-0.2, -0.15) is 0 Å². The molecule has 1 N–H and O–H groups in total. The van der Waals surface area contributed by atoms with Crippen LogP contribution in [0.15, 0.2) is 35.1 Å². The van der Waals surface area contributed by atoms with Gasteiger partial charge in [-0.25, -0.2) is 8.78 Å². The second kappa shape index (κ2) is 5.64. The molecule has 1 aromatic heterocycles. The molecule has 1 heterocycles. The average molecular weight is 279 g/mol. The molecule has 0 saturated carbocycles. The van der Waals surface area contributed by atoms with Gasteiger partial charge in [-0.05, 0) is 18.2 Å². The summed E-state index contributed by atoms with van der Waals surface area (Å²) in [7, 11) is 1.14. The Morgan fingerprint density at radius 1 is 1.25 bits per heavy atom. The van der Waals surface area contributed by atoms with Crippen LogP contribution in [0.25, 0.3) is 11.3 Å². The number of nitrogens with one attached hydrogen (secondary N) is 1. The number of ether oxygens (including phenoxy) is 1. The summed E-state index contributed by atoms with van der Waals surface area (Å²) in [5.74, 6) is -2.46. The average Bonchev–Trinajstić information content (AvgIpc) is 2.42. The first-order valence-electron chi connectivity index (χ1n) is 5.75. The van der Waals surface area contributed by atoms with Crippen LogP contribution in [0.2, 0.25) is 0 Å². The number of benzene rings is 1. The van der Waals surface area contributed by atoms with Gasteiger partial charge in [0, 0.05) is 22.9 Å². The number of halogens is 2. The highest BCUT2D eigenvalue weighted by molar-refractivity contribution is 5.73. The molecule has 2 rings (SSSR count). The summed E-state index contributed by atoms with van der Waals surface area (Å²) in [4.78, 5) is 24.7. The summed E-state index contributed by atoms with van der Waals surface area (Å²) in [6.07, 6.45) is -0.486. The van der Waals surface area contributed by atoms with E-state index in [1.165, 1.54) is 18.2 Å². The number of pyridine rings is 1. The Kier molecular flexibility index (Phi) is 3.93. The summed E-state index contributed by atoms with van der Waals surface area (Å²) in [5.41, 5.74) is -0.257. The number of carbonyl (C=O) groups excluding carboxylic acids is 1. The van der Waals surface area contributed by atoms with Crippen LogP contribution >= 0.6 is 0 Å². The van der Waals surface area contributed by atoms with Crippen LogP contribution in [-0.4, -0.2) is 18.1 Å². The Balaban J connectivity index is 2.45. The maximum Gasteiger partial charge on any atom is 0.310 e. The summed E-state index contributed by atoms with van der Waals surface area (Å²) >= 11 is 0. The van der Waals surface area contributed by atoms with Crippen molar-refractivity contribution in [3.63, 3.8) is 0 Å². The third-order valence-corrected chi connectivity index (χ3v) is 2.77. The van der Waals surface area contributed by atoms with E-state index in [0.717, 1.165) is 19.2 Å². The van der Waals surface area contributed by atoms with Gasteiger partial charge in [-0.1, -0.05) is 6.07 Å². The van der Waals surface area contributed by atoms with Crippen molar-refractivity contribution in [2.45, 2.75) is 6.42 Å². The molecule has 4 nitrogen and oxygen atoms in total. The van der Waals surface area contributed by atoms with E-state index in [-0.39, 0.29) is 16.7 Å². The zero-order valence-corrected chi connectivity index (χ0v) is 10.6. The lowest BCUT2D eigenvalue weighted by molar-refractivity contribution is -0.139. The van der Waals surface area contributed by atoms with Crippen molar-refractivity contribution in [2.24, 2.45) is 0 Å². The minimum Gasteiger partial charge on any atom is -0.469 e. The molecule has 0 unspecified atom stereocenters. The Morgan fingerprint density at radius 2 is 1.90 bits per heavy atom. The second-order valence-electron chi connectivity index (χ2n) is 4.10. The molecule has 0 aliphatic heterocycles. The van der Waals surface area contributed by atoms with Crippen molar-refractivity contribution in [2.75, 3.05) is 7.11 Å². The molecule has 0 saturated heterocycles. The summed E-state index contributed by atoms with van der Waals surface area (Å²) in [5, 5.41) is 0. The van der Waals surface area contributed by atoms with Gasteiger partial charge in [0.05, 0.1) is 13.5 Å². The van der Waals surface area contributed by atoms with Gasteiger partial charge >= 0.3 is 5.97 Å². The molecule has 0 atom stereocenters. The van der Waals surface area contributed by atoms with E-state index in [0.29, 0.717) is 5.69 Å². The van der Waals surface area contributed by atoms with Gasteiger partial charge in [-0.3, -0.25) is 9.59 Å². The molecule has 0 amide bonds. The first-order chi connectivity index (χ1) is 9.51. The molecule has 0 aliphatic rings. The van der Waals surface area contributed by atoms with Crippen molar-refractivity contribution in [1.29, 1.82) is 0 Å². The van der Waals surface area contributed by atoms with E-state index < -0.39 is 24.0 Å². The second-order valence-corrected chi connectivity index (χ2v) is 4.10. The highest BCUT2D eigenvalue weighted by Gasteiger charge is 2.16. The van der Waals surface area contributed by atoms with E-state index >= 15 is 0 Å². The zero-order chi connectivity index (χ0) is 14.7.